The molecular weight excluding hydrogens is 216 g/mol. The molecule has 0 fully saturated rings. The lowest BCUT2D eigenvalue weighted by Crippen LogP contribution is -1.95. The summed E-state index contributed by atoms with van der Waals surface area (Å²) in [6.07, 6.45) is 3.35. The van der Waals surface area contributed by atoms with Gasteiger partial charge in [-0.3, -0.25) is 9.67 Å². The van der Waals surface area contributed by atoms with Crippen molar-refractivity contribution in [2.75, 3.05) is 0 Å². The molecule has 0 amide bonds. The predicted octanol–water partition coefficient (Wildman–Crippen LogP) is 2.10. The normalized spacial score (nSPS) is 10.0. The number of nitriles is 1. The van der Waals surface area contributed by atoms with Crippen LogP contribution in [0.25, 0.3) is 0 Å². The molecule has 0 saturated heterocycles. The van der Waals surface area contributed by atoms with Gasteiger partial charge in [-0.1, -0.05) is 0 Å². The van der Waals surface area contributed by atoms with Gasteiger partial charge in [0.2, 0.25) is 0 Å². The summed E-state index contributed by atoms with van der Waals surface area (Å²) >= 11 is 0. The smallest absolute Gasteiger partial charge is 0.165 e. The second-order valence-corrected chi connectivity index (χ2v) is 3.79. The Morgan fingerprint density at radius 2 is 2.18 bits per heavy atom. The largest absolute Gasteiger partial charge is 0.453 e. The van der Waals surface area contributed by atoms with E-state index in [4.69, 9.17) is 10.00 Å². The Labute approximate surface area is 99.3 Å². The number of rotatable bonds is 2. The van der Waals surface area contributed by atoms with Crippen molar-refractivity contribution in [2.45, 2.75) is 13.8 Å². The first-order valence-corrected chi connectivity index (χ1v) is 5.15. The van der Waals surface area contributed by atoms with Gasteiger partial charge in [-0.05, 0) is 13.8 Å². The molecule has 0 aromatic carbocycles. The molecule has 0 radical (unpaired) electrons. The van der Waals surface area contributed by atoms with Gasteiger partial charge >= 0.3 is 0 Å². The van der Waals surface area contributed by atoms with E-state index < -0.39 is 0 Å². The van der Waals surface area contributed by atoms with Crippen molar-refractivity contribution in [3.8, 4) is 17.6 Å². The van der Waals surface area contributed by atoms with Gasteiger partial charge in [0.1, 0.15) is 17.4 Å². The quantitative estimate of drug-likeness (QED) is 0.789. The summed E-state index contributed by atoms with van der Waals surface area (Å²) in [6.45, 7) is 3.66. The molecular formula is C12H12N4O. The molecule has 0 saturated carbocycles. The summed E-state index contributed by atoms with van der Waals surface area (Å²) in [5, 5.41) is 13.1. The number of aryl methyl sites for hydroxylation is 3. The maximum atomic E-state index is 9.08. The molecule has 2 rings (SSSR count). The Morgan fingerprint density at radius 1 is 1.41 bits per heavy atom. The molecule has 0 bridgehead atoms. The van der Waals surface area contributed by atoms with Gasteiger partial charge < -0.3 is 4.74 Å². The van der Waals surface area contributed by atoms with Gasteiger partial charge in [0.15, 0.2) is 5.75 Å². The van der Waals surface area contributed by atoms with E-state index in [1.807, 2.05) is 6.92 Å². The summed E-state index contributed by atoms with van der Waals surface area (Å²) in [5.74, 6) is 1.12. The standard InChI is InChI=1S/C12H12N4O/c1-8-4-12(11(5-13)9(2)15-8)17-10-6-14-16(3)7-10/h4,6-7H,1-3H3. The van der Waals surface area contributed by atoms with E-state index >= 15 is 0 Å². The van der Waals surface area contributed by atoms with Crippen LogP contribution in [0, 0.1) is 25.2 Å². The van der Waals surface area contributed by atoms with E-state index in [0.29, 0.717) is 22.8 Å². The average Bonchev–Trinajstić information content (AvgIpc) is 2.63. The Balaban J connectivity index is 2.42. The van der Waals surface area contributed by atoms with E-state index in [2.05, 4.69) is 16.2 Å². The van der Waals surface area contributed by atoms with Crippen LogP contribution in [0.3, 0.4) is 0 Å². The van der Waals surface area contributed by atoms with Gasteiger partial charge in [-0.15, -0.1) is 0 Å². The first kappa shape index (κ1) is 11.1. The highest BCUT2D eigenvalue weighted by Gasteiger charge is 2.10. The van der Waals surface area contributed by atoms with E-state index in [1.165, 1.54) is 0 Å². The van der Waals surface area contributed by atoms with Gasteiger partial charge in [0.05, 0.1) is 18.1 Å². The molecule has 5 heteroatoms. The van der Waals surface area contributed by atoms with Crippen LogP contribution in [0.15, 0.2) is 18.5 Å². The zero-order valence-corrected chi connectivity index (χ0v) is 9.93. The summed E-state index contributed by atoms with van der Waals surface area (Å²) in [7, 11) is 1.81. The van der Waals surface area contributed by atoms with E-state index in [1.54, 1.807) is 37.1 Å². The van der Waals surface area contributed by atoms with Crippen LogP contribution in [0.2, 0.25) is 0 Å². The van der Waals surface area contributed by atoms with Gasteiger partial charge in [-0.25, -0.2) is 0 Å². The van der Waals surface area contributed by atoms with Crippen LogP contribution in [-0.4, -0.2) is 14.8 Å². The van der Waals surface area contributed by atoms with Crippen LogP contribution in [0.5, 0.6) is 11.5 Å². The molecule has 2 aromatic rings. The number of hydrogen-bond donors (Lipinski definition) is 0. The van der Waals surface area contributed by atoms with Gasteiger partial charge in [0, 0.05) is 18.8 Å². The fraction of sp³-hybridized carbons (Fsp3) is 0.250. The molecule has 0 N–H and O–H groups in total. The lowest BCUT2D eigenvalue weighted by atomic mass is 10.2. The first-order chi connectivity index (χ1) is 8.10. The summed E-state index contributed by atoms with van der Waals surface area (Å²) in [5.41, 5.74) is 1.95. The van der Waals surface area contributed by atoms with E-state index in [0.717, 1.165) is 5.69 Å². The molecule has 0 aliphatic heterocycles. The second kappa shape index (κ2) is 4.26. The van der Waals surface area contributed by atoms with Crippen molar-refractivity contribution >= 4 is 0 Å². The monoisotopic (exact) mass is 228 g/mol. The lowest BCUT2D eigenvalue weighted by molar-refractivity contribution is 0.478. The Kier molecular flexibility index (Phi) is 2.79. The van der Waals surface area contributed by atoms with Crippen molar-refractivity contribution < 1.29 is 4.74 Å². The van der Waals surface area contributed by atoms with Crippen LogP contribution in [0.4, 0.5) is 0 Å². The van der Waals surface area contributed by atoms with Gasteiger partial charge in [0.25, 0.3) is 0 Å². The van der Waals surface area contributed by atoms with Crippen molar-refractivity contribution in [2.24, 2.45) is 7.05 Å². The number of nitrogens with zero attached hydrogens (tertiary/aromatic N) is 4. The third-order valence-corrected chi connectivity index (χ3v) is 2.31. The molecule has 0 unspecified atom stereocenters. The summed E-state index contributed by atoms with van der Waals surface area (Å²) < 4.78 is 7.28. The molecule has 5 nitrogen and oxygen atoms in total. The summed E-state index contributed by atoms with van der Waals surface area (Å²) in [6, 6.07) is 3.85. The molecule has 86 valence electrons. The van der Waals surface area contributed by atoms with Crippen molar-refractivity contribution in [1.82, 2.24) is 14.8 Å². The number of pyridine rings is 1. The molecule has 2 aromatic heterocycles. The van der Waals surface area contributed by atoms with Crippen molar-refractivity contribution in [3.05, 3.63) is 35.4 Å². The topological polar surface area (TPSA) is 63.7 Å². The first-order valence-electron chi connectivity index (χ1n) is 5.15. The minimum absolute atomic E-state index is 0.458. The maximum Gasteiger partial charge on any atom is 0.165 e. The number of hydrogen-bond acceptors (Lipinski definition) is 4. The van der Waals surface area contributed by atoms with Crippen molar-refractivity contribution in [1.29, 1.82) is 5.26 Å². The SMILES string of the molecule is Cc1cc(Oc2cnn(C)c2)c(C#N)c(C)n1. The molecule has 0 atom stereocenters. The van der Waals surface area contributed by atoms with Gasteiger partial charge in [-0.2, -0.15) is 10.4 Å². The summed E-state index contributed by atoms with van der Waals surface area (Å²) in [4.78, 5) is 4.23. The minimum atomic E-state index is 0.458. The van der Waals surface area contributed by atoms with Crippen LogP contribution in [-0.2, 0) is 7.05 Å². The third kappa shape index (κ3) is 2.26. The van der Waals surface area contributed by atoms with E-state index in [9.17, 15) is 0 Å². The Hall–Kier alpha value is -2.35. The molecule has 0 aliphatic rings. The number of ether oxygens (including phenoxy) is 1. The predicted molar refractivity (Wildman–Crippen MR) is 61.7 cm³/mol. The zero-order chi connectivity index (χ0) is 12.4. The maximum absolute atomic E-state index is 9.08. The zero-order valence-electron chi connectivity index (χ0n) is 9.93. The molecule has 17 heavy (non-hydrogen) atoms. The minimum Gasteiger partial charge on any atom is -0.453 e. The average molecular weight is 228 g/mol. The van der Waals surface area contributed by atoms with Crippen LogP contribution in [0.1, 0.15) is 17.0 Å². The fourth-order valence-corrected chi connectivity index (χ4v) is 1.59. The Bertz CT molecular complexity index is 595. The Morgan fingerprint density at radius 3 is 2.76 bits per heavy atom. The highest BCUT2D eigenvalue weighted by molar-refractivity contribution is 5.48. The van der Waals surface area contributed by atoms with Crippen LogP contribution < -0.4 is 4.74 Å². The van der Waals surface area contributed by atoms with E-state index in [-0.39, 0.29) is 0 Å². The second-order valence-electron chi connectivity index (χ2n) is 3.79. The molecule has 0 spiro atoms. The molecule has 0 aliphatic carbocycles. The van der Waals surface area contributed by atoms with Crippen LogP contribution >= 0.6 is 0 Å². The lowest BCUT2D eigenvalue weighted by Gasteiger charge is -2.07. The molecule has 2 heterocycles. The highest BCUT2D eigenvalue weighted by atomic mass is 16.5. The number of aromatic nitrogens is 3. The van der Waals surface area contributed by atoms with Crippen molar-refractivity contribution in [3.63, 3.8) is 0 Å². The third-order valence-electron chi connectivity index (χ3n) is 2.31. The fourth-order valence-electron chi connectivity index (χ4n) is 1.59. The highest BCUT2D eigenvalue weighted by Crippen LogP contribution is 2.26.